The van der Waals surface area contributed by atoms with E-state index in [4.69, 9.17) is 0 Å². The summed E-state index contributed by atoms with van der Waals surface area (Å²) in [6, 6.07) is 0. The van der Waals surface area contributed by atoms with Crippen molar-refractivity contribution in [2.45, 2.75) is 185 Å². The van der Waals surface area contributed by atoms with Gasteiger partial charge in [-0.15, -0.1) is 0 Å². The second-order valence-corrected chi connectivity index (χ2v) is 6.04. The Hall–Kier alpha value is -1.04. The highest BCUT2D eigenvalue weighted by Gasteiger charge is 1.98. The van der Waals surface area contributed by atoms with E-state index in [0.717, 1.165) is 23.7 Å². The average molecular weight is 559 g/mol. The Kier molecular flexibility index (Phi) is 169. The smallest absolute Gasteiger partial charge is 0.00815 e. The zero-order valence-electron chi connectivity index (χ0n) is 33.0. The van der Waals surface area contributed by atoms with Gasteiger partial charge in [-0.2, -0.15) is 0 Å². The molecule has 0 nitrogen and oxygen atoms in total. The first kappa shape index (κ1) is 66.3. The summed E-state index contributed by atoms with van der Waals surface area (Å²) in [5.74, 6) is 3.33. The Morgan fingerprint density at radius 1 is 0.231 bits per heavy atom. The molecule has 5 aliphatic carbocycles. The highest BCUT2D eigenvalue weighted by molar-refractivity contribution is 5.11. The number of hydrogen-bond donors (Lipinski definition) is 0. The van der Waals surface area contributed by atoms with Gasteiger partial charge in [0.2, 0.25) is 0 Å². The van der Waals surface area contributed by atoms with Gasteiger partial charge in [0.1, 0.15) is 0 Å². The van der Waals surface area contributed by atoms with Gasteiger partial charge in [-0.1, -0.05) is 234 Å². The molecule has 0 unspecified atom stereocenters. The van der Waals surface area contributed by atoms with E-state index in [2.05, 4.69) is 76.3 Å². The third-order valence-electron chi connectivity index (χ3n) is 2.66. The first-order valence-electron chi connectivity index (χ1n) is 17.8. The van der Waals surface area contributed by atoms with Gasteiger partial charge in [0, 0.05) is 0 Å². The van der Waals surface area contributed by atoms with Crippen LogP contribution in [0.15, 0.2) is 48.6 Å². The molecule has 0 atom stereocenters. The molecule has 246 valence electrons. The van der Waals surface area contributed by atoms with Crippen LogP contribution in [0.25, 0.3) is 0 Å². The second-order valence-electron chi connectivity index (χ2n) is 6.04. The molecular formula is C39H90. The molecule has 0 heteroatoms. The predicted octanol–water partition coefficient (Wildman–Crippen LogP) is 16.2. The lowest BCUT2D eigenvalue weighted by atomic mass is 10.5. The molecule has 0 radical (unpaired) electrons. The second kappa shape index (κ2) is 99.1. The lowest BCUT2D eigenvalue weighted by Gasteiger charge is -1.57. The Labute approximate surface area is 257 Å². The fraction of sp³-hybridized carbons (Fsp3) is 0.795. The normalized spacial score (nSPS) is 12.5. The van der Waals surface area contributed by atoms with Crippen LogP contribution in [0.3, 0.4) is 0 Å². The summed E-state index contributed by atoms with van der Waals surface area (Å²) in [6.45, 7) is 48.7. The molecule has 0 saturated heterocycles. The summed E-state index contributed by atoms with van der Waals surface area (Å²) in [7, 11) is 0. The maximum absolute atomic E-state index is 2.17. The Morgan fingerprint density at radius 2 is 0.282 bits per heavy atom. The van der Waals surface area contributed by atoms with Crippen molar-refractivity contribution in [1.82, 2.24) is 0 Å². The van der Waals surface area contributed by atoms with Crippen LogP contribution in [-0.2, 0) is 0 Å². The standard InChI is InChI=1S/4C4H6.C3H6.10C2H6/c4*1-4-2-3-4;1-2-3-1;10*1-2/h4*2-4H,1H3;1-3H2;10*1-2H3. The SMILES string of the molecule is C1CC1.CC.CC.CC.CC.CC.CC.CC.CC.CC.CC.CC1C=C1.CC1C=C1.CC1C=C1.CC1C=C1. The van der Waals surface area contributed by atoms with E-state index in [1.54, 1.807) is 0 Å². The molecule has 0 heterocycles. The zero-order chi connectivity index (χ0) is 34.1. The summed E-state index contributed by atoms with van der Waals surface area (Å²) < 4.78 is 0. The molecule has 0 amide bonds. The minimum Gasteiger partial charge on any atom is -0.0813 e. The first-order valence-corrected chi connectivity index (χ1v) is 17.8. The van der Waals surface area contributed by atoms with Crippen molar-refractivity contribution in [3.8, 4) is 0 Å². The van der Waals surface area contributed by atoms with E-state index in [0.29, 0.717) is 0 Å². The summed E-state index contributed by atoms with van der Waals surface area (Å²) in [4.78, 5) is 0. The Bertz CT molecular complexity index is 250. The maximum atomic E-state index is 2.17. The van der Waals surface area contributed by atoms with E-state index in [-0.39, 0.29) is 0 Å². The van der Waals surface area contributed by atoms with Crippen LogP contribution in [0.1, 0.15) is 185 Å². The molecule has 0 aromatic carbocycles. The third kappa shape index (κ3) is 316. The molecule has 1 fully saturated rings. The summed E-state index contributed by atoms with van der Waals surface area (Å²) in [5.41, 5.74) is 0. The highest BCUT2D eigenvalue weighted by Crippen LogP contribution is 2.15. The average Bonchev–Trinajstić information content (AvgIpc) is 3.88. The topological polar surface area (TPSA) is 0 Å². The number of hydrogen-bond acceptors (Lipinski definition) is 0. The van der Waals surface area contributed by atoms with Crippen molar-refractivity contribution < 1.29 is 0 Å². The molecule has 5 aliphatic rings. The van der Waals surface area contributed by atoms with Gasteiger partial charge < -0.3 is 0 Å². The molecule has 5 rings (SSSR count). The van der Waals surface area contributed by atoms with E-state index in [1.807, 2.05) is 138 Å². The van der Waals surface area contributed by atoms with Crippen LogP contribution in [0.5, 0.6) is 0 Å². The number of allylic oxidation sites excluding steroid dienone is 8. The monoisotopic (exact) mass is 559 g/mol. The van der Waals surface area contributed by atoms with Gasteiger partial charge in [-0.05, 0) is 23.7 Å². The van der Waals surface area contributed by atoms with Crippen LogP contribution in [0.2, 0.25) is 0 Å². The molecule has 0 N–H and O–H groups in total. The van der Waals surface area contributed by atoms with Crippen molar-refractivity contribution >= 4 is 0 Å². The predicted molar refractivity (Wildman–Crippen MR) is 201 cm³/mol. The van der Waals surface area contributed by atoms with Crippen molar-refractivity contribution in [3.63, 3.8) is 0 Å². The molecular weight excluding hydrogens is 468 g/mol. The quantitative estimate of drug-likeness (QED) is 0.259. The van der Waals surface area contributed by atoms with Crippen molar-refractivity contribution in [1.29, 1.82) is 0 Å². The van der Waals surface area contributed by atoms with E-state index in [1.165, 1.54) is 19.3 Å². The third-order valence-corrected chi connectivity index (χ3v) is 2.66. The van der Waals surface area contributed by atoms with Crippen molar-refractivity contribution in [3.05, 3.63) is 48.6 Å². The van der Waals surface area contributed by atoms with Crippen molar-refractivity contribution in [2.24, 2.45) is 23.7 Å². The highest BCUT2D eigenvalue weighted by atomic mass is 14.0. The van der Waals surface area contributed by atoms with Gasteiger partial charge in [-0.3, -0.25) is 0 Å². The molecule has 0 aromatic heterocycles. The van der Waals surface area contributed by atoms with Gasteiger partial charge in [0.15, 0.2) is 0 Å². The maximum Gasteiger partial charge on any atom is -0.00815 e. The van der Waals surface area contributed by atoms with Crippen LogP contribution in [0, 0.1) is 23.7 Å². The van der Waals surface area contributed by atoms with E-state index in [9.17, 15) is 0 Å². The largest absolute Gasteiger partial charge is 0.0813 e. The van der Waals surface area contributed by atoms with Gasteiger partial charge in [-0.25, -0.2) is 0 Å². The molecule has 0 aliphatic heterocycles. The molecule has 0 aromatic rings. The summed E-state index contributed by atoms with van der Waals surface area (Å²) >= 11 is 0. The van der Waals surface area contributed by atoms with Crippen molar-refractivity contribution in [2.75, 3.05) is 0 Å². The van der Waals surface area contributed by atoms with Gasteiger partial charge in [0.05, 0.1) is 0 Å². The first-order chi connectivity index (χ1) is 19.1. The number of rotatable bonds is 0. The van der Waals surface area contributed by atoms with Crippen LogP contribution in [-0.4, -0.2) is 0 Å². The summed E-state index contributed by atoms with van der Waals surface area (Å²) in [6.07, 6.45) is 21.8. The van der Waals surface area contributed by atoms with Crippen LogP contribution < -0.4 is 0 Å². The van der Waals surface area contributed by atoms with Gasteiger partial charge in [0.25, 0.3) is 0 Å². The fourth-order valence-corrected chi connectivity index (χ4v) is 0.444. The zero-order valence-corrected chi connectivity index (χ0v) is 33.0. The summed E-state index contributed by atoms with van der Waals surface area (Å²) in [5, 5.41) is 0. The van der Waals surface area contributed by atoms with Gasteiger partial charge >= 0.3 is 0 Å². The Balaban J connectivity index is -0.0000000294. The molecule has 39 heavy (non-hydrogen) atoms. The van der Waals surface area contributed by atoms with Crippen LogP contribution >= 0.6 is 0 Å². The van der Waals surface area contributed by atoms with E-state index < -0.39 is 0 Å². The molecule has 0 spiro atoms. The Morgan fingerprint density at radius 3 is 0.282 bits per heavy atom. The minimum absolute atomic E-state index is 0.833. The lowest BCUT2D eigenvalue weighted by Crippen LogP contribution is -1.47. The van der Waals surface area contributed by atoms with Crippen LogP contribution in [0.4, 0.5) is 0 Å². The molecule has 0 bridgehead atoms. The molecule has 1 saturated carbocycles. The van der Waals surface area contributed by atoms with E-state index >= 15 is 0 Å². The fourth-order valence-electron chi connectivity index (χ4n) is 0.444. The lowest BCUT2D eigenvalue weighted by molar-refractivity contribution is 1.09. The minimum atomic E-state index is 0.833.